The van der Waals surface area contributed by atoms with Gasteiger partial charge in [0.25, 0.3) is 5.91 Å². The van der Waals surface area contributed by atoms with E-state index in [1.54, 1.807) is 11.9 Å². The number of likely N-dealkylation sites (N-methyl/N-ethyl adjacent to an activating group) is 1. The third-order valence-electron chi connectivity index (χ3n) is 4.95. The molecule has 0 aliphatic carbocycles. The van der Waals surface area contributed by atoms with Crippen LogP contribution >= 0.6 is 0 Å². The Morgan fingerprint density at radius 3 is 2.41 bits per heavy atom. The molecule has 2 atom stereocenters. The molecule has 0 fully saturated rings. The summed E-state index contributed by atoms with van der Waals surface area (Å²) in [5, 5.41) is 2.93. The molecule has 0 aromatic heterocycles. The molecule has 2 amide bonds. The third-order valence-corrected chi connectivity index (χ3v) is 4.95. The smallest absolute Gasteiger partial charge is 0.253 e. The lowest BCUT2D eigenvalue weighted by molar-refractivity contribution is -0.135. The molecule has 0 unspecified atom stereocenters. The summed E-state index contributed by atoms with van der Waals surface area (Å²) in [5.74, 6) is -0.122. The van der Waals surface area contributed by atoms with Crippen LogP contribution in [0.1, 0.15) is 31.9 Å². The Morgan fingerprint density at radius 1 is 1.11 bits per heavy atom. The fraction of sp³-hybridized carbons (Fsp3) is 0.364. The van der Waals surface area contributed by atoms with Crippen LogP contribution in [-0.4, -0.2) is 32.1 Å². The number of rotatable bonds is 5. The van der Waals surface area contributed by atoms with E-state index in [1.165, 1.54) is 7.11 Å². The van der Waals surface area contributed by atoms with E-state index >= 15 is 0 Å². The second-order valence-corrected chi connectivity index (χ2v) is 7.30. The average molecular weight is 366 g/mol. The van der Waals surface area contributed by atoms with E-state index in [9.17, 15) is 9.59 Å². The molecule has 142 valence electrons. The highest BCUT2D eigenvalue weighted by molar-refractivity contribution is 6.06. The Hall–Kier alpha value is -2.66. The van der Waals surface area contributed by atoms with Gasteiger partial charge in [0.05, 0.1) is 5.69 Å². The number of nitrogens with zero attached hydrogens (tertiary/aromatic N) is 1. The van der Waals surface area contributed by atoms with Gasteiger partial charge in [0.15, 0.2) is 0 Å². The predicted molar refractivity (Wildman–Crippen MR) is 106 cm³/mol. The van der Waals surface area contributed by atoms with Crippen LogP contribution in [0.3, 0.4) is 0 Å². The highest BCUT2D eigenvalue weighted by Crippen LogP contribution is 2.39. The Labute approximate surface area is 160 Å². The molecule has 1 N–H and O–H groups in total. The lowest BCUT2D eigenvalue weighted by Crippen LogP contribution is -2.45. The molecular formula is C22H26N2O3. The van der Waals surface area contributed by atoms with Crippen LogP contribution in [0, 0.1) is 5.92 Å². The summed E-state index contributed by atoms with van der Waals surface area (Å²) in [6.45, 7) is 4.08. The number of carbonyl (C=O) groups excluding carboxylic acids is 2. The van der Waals surface area contributed by atoms with Gasteiger partial charge in [-0.05, 0) is 29.5 Å². The molecule has 0 saturated heterocycles. The molecule has 0 saturated carbocycles. The van der Waals surface area contributed by atoms with E-state index in [1.807, 2.05) is 62.4 Å². The predicted octanol–water partition coefficient (Wildman–Crippen LogP) is 3.55. The zero-order valence-electron chi connectivity index (χ0n) is 16.2. The highest BCUT2D eigenvalue weighted by atomic mass is 16.5. The van der Waals surface area contributed by atoms with Crippen LogP contribution in [0.15, 0.2) is 48.5 Å². The fourth-order valence-electron chi connectivity index (χ4n) is 3.55. The van der Waals surface area contributed by atoms with Crippen LogP contribution < -0.4 is 10.2 Å². The average Bonchev–Trinajstić information content (AvgIpc) is 2.76. The largest absolute Gasteiger partial charge is 0.372 e. The van der Waals surface area contributed by atoms with Crippen LogP contribution in [0.25, 0.3) is 11.1 Å². The van der Waals surface area contributed by atoms with Crippen molar-refractivity contribution in [1.82, 2.24) is 5.32 Å². The molecule has 2 aromatic carbocycles. The molecule has 5 nitrogen and oxygen atoms in total. The van der Waals surface area contributed by atoms with Gasteiger partial charge < -0.3 is 15.0 Å². The number of para-hydroxylation sites is 1. The summed E-state index contributed by atoms with van der Waals surface area (Å²) < 4.78 is 5.37. The first-order chi connectivity index (χ1) is 12.9. The lowest BCUT2D eigenvalue weighted by atomic mass is 9.95. The van der Waals surface area contributed by atoms with Crippen molar-refractivity contribution in [1.29, 1.82) is 0 Å². The van der Waals surface area contributed by atoms with Gasteiger partial charge in [0, 0.05) is 19.7 Å². The van der Waals surface area contributed by atoms with E-state index in [0.29, 0.717) is 12.3 Å². The summed E-state index contributed by atoms with van der Waals surface area (Å²) in [6.07, 6.45) is 0.0157. The molecule has 27 heavy (non-hydrogen) atoms. The van der Waals surface area contributed by atoms with E-state index in [4.69, 9.17) is 4.74 Å². The maximum atomic E-state index is 13.2. The van der Waals surface area contributed by atoms with Gasteiger partial charge >= 0.3 is 0 Å². The third kappa shape index (κ3) is 3.74. The molecule has 0 spiro atoms. The van der Waals surface area contributed by atoms with Crippen LogP contribution in [0.5, 0.6) is 0 Å². The van der Waals surface area contributed by atoms with Crippen molar-refractivity contribution in [2.24, 2.45) is 5.92 Å². The van der Waals surface area contributed by atoms with E-state index in [-0.39, 0.29) is 11.8 Å². The molecule has 3 rings (SSSR count). The molecule has 1 aliphatic heterocycles. The normalized spacial score (nSPS) is 17.1. The number of benzene rings is 2. The van der Waals surface area contributed by atoms with Crippen LogP contribution in [0.4, 0.5) is 5.69 Å². The Kier molecular flexibility index (Phi) is 5.61. The molecule has 2 aromatic rings. The minimum atomic E-state index is -0.754. The summed E-state index contributed by atoms with van der Waals surface area (Å²) in [6, 6.07) is 14.8. The zero-order chi connectivity index (χ0) is 19.6. The highest BCUT2D eigenvalue weighted by Gasteiger charge is 2.34. The minimum Gasteiger partial charge on any atom is -0.372 e. The maximum absolute atomic E-state index is 13.2. The van der Waals surface area contributed by atoms with Crippen molar-refractivity contribution in [2.75, 3.05) is 19.1 Å². The van der Waals surface area contributed by atoms with Gasteiger partial charge in [0.1, 0.15) is 12.1 Å². The number of ether oxygens (including phenoxy) is 1. The summed E-state index contributed by atoms with van der Waals surface area (Å²) >= 11 is 0. The fourth-order valence-corrected chi connectivity index (χ4v) is 3.55. The first-order valence-corrected chi connectivity index (χ1v) is 9.23. The number of methoxy groups -OCH3 is 1. The number of hydrogen-bond acceptors (Lipinski definition) is 3. The number of carbonyl (C=O) groups is 2. The minimum absolute atomic E-state index is 0.167. The van der Waals surface area contributed by atoms with Crippen molar-refractivity contribution in [3.8, 4) is 11.1 Å². The quantitative estimate of drug-likeness (QED) is 0.880. The number of nitrogens with one attached hydrogen (secondary N) is 1. The second kappa shape index (κ2) is 7.92. The summed E-state index contributed by atoms with van der Waals surface area (Å²) in [5.41, 5.74) is 3.56. The standard InChI is InChI=1S/C22H26N2O3/c1-14(2)13-19(27-4)21(25)23-20-17-11-6-5-9-15(17)16-10-7-8-12-18(16)24(3)22(20)26/h5-12,14,19-20H,13H2,1-4H3,(H,23,25)/t19-,20-/m0/s1. The lowest BCUT2D eigenvalue weighted by Gasteiger charge is -2.25. The molecule has 0 bridgehead atoms. The molecule has 0 radical (unpaired) electrons. The molecular weight excluding hydrogens is 340 g/mol. The topological polar surface area (TPSA) is 58.6 Å². The van der Waals surface area contributed by atoms with Gasteiger partial charge in [-0.3, -0.25) is 9.59 Å². The van der Waals surface area contributed by atoms with Crippen molar-refractivity contribution in [3.63, 3.8) is 0 Å². The molecule has 1 aliphatic rings. The maximum Gasteiger partial charge on any atom is 0.253 e. The van der Waals surface area contributed by atoms with Gasteiger partial charge in [-0.1, -0.05) is 56.3 Å². The van der Waals surface area contributed by atoms with Gasteiger partial charge in [-0.25, -0.2) is 0 Å². The van der Waals surface area contributed by atoms with Gasteiger partial charge in [-0.15, -0.1) is 0 Å². The number of amides is 2. The number of hydrogen-bond donors (Lipinski definition) is 1. The van der Waals surface area contributed by atoms with Gasteiger partial charge in [0.2, 0.25) is 5.91 Å². The first-order valence-electron chi connectivity index (χ1n) is 9.23. The summed E-state index contributed by atoms with van der Waals surface area (Å²) in [7, 11) is 3.27. The molecule has 1 heterocycles. The van der Waals surface area contributed by atoms with Crippen molar-refractivity contribution >= 4 is 17.5 Å². The summed E-state index contributed by atoms with van der Waals surface area (Å²) in [4.78, 5) is 27.6. The Balaban J connectivity index is 2.01. The number of fused-ring (bicyclic) bond motifs is 3. The Morgan fingerprint density at radius 2 is 1.74 bits per heavy atom. The van der Waals surface area contributed by atoms with E-state index in [0.717, 1.165) is 22.4 Å². The van der Waals surface area contributed by atoms with Gasteiger partial charge in [-0.2, -0.15) is 0 Å². The SMILES string of the molecule is CO[C@@H](CC(C)C)C(=O)N[C@@H]1C(=O)N(C)c2ccccc2-c2ccccc21. The molecule has 5 heteroatoms. The van der Waals surface area contributed by atoms with Crippen molar-refractivity contribution in [3.05, 3.63) is 54.1 Å². The first kappa shape index (κ1) is 19.1. The van der Waals surface area contributed by atoms with E-state index in [2.05, 4.69) is 5.32 Å². The second-order valence-electron chi connectivity index (χ2n) is 7.30. The van der Waals surface area contributed by atoms with Crippen LogP contribution in [0.2, 0.25) is 0 Å². The van der Waals surface area contributed by atoms with Crippen LogP contribution in [-0.2, 0) is 14.3 Å². The Bertz CT molecular complexity index is 847. The van der Waals surface area contributed by atoms with Crippen molar-refractivity contribution < 1.29 is 14.3 Å². The number of anilines is 1. The zero-order valence-corrected chi connectivity index (χ0v) is 16.2. The van der Waals surface area contributed by atoms with Crippen molar-refractivity contribution in [2.45, 2.75) is 32.4 Å². The monoisotopic (exact) mass is 366 g/mol. The van der Waals surface area contributed by atoms with E-state index < -0.39 is 12.1 Å².